The molecule has 1 saturated carbocycles. The Balaban J connectivity index is 0.977. The number of thiophene rings is 1. The van der Waals surface area contributed by atoms with Gasteiger partial charge in [-0.3, -0.25) is 28.8 Å². The highest BCUT2D eigenvalue weighted by molar-refractivity contribution is 7.22. The summed E-state index contributed by atoms with van der Waals surface area (Å²) in [6.45, 7) is 3.65. The van der Waals surface area contributed by atoms with Gasteiger partial charge in [0.15, 0.2) is 5.58 Å². The van der Waals surface area contributed by atoms with Crippen LogP contribution in [0.3, 0.4) is 0 Å². The molecule has 316 valence electrons. The summed E-state index contributed by atoms with van der Waals surface area (Å²) in [6, 6.07) is 29.4. The normalized spacial score (nSPS) is 24.3. The van der Waals surface area contributed by atoms with E-state index in [1.54, 1.807) is 59.5 Å². The van der Waals surface area contributed by atoms with Crippen molar-refractivity contribution in [2.45, 2.75) is 32.6 Å². The lowest BCUT2D eigenvalue weighted by Gasteiger charge is -2.49. The number of hydrogen-bond acceptors (Lipinski definition) is 10. The summed E-state index contributed by atoms with van der Waals surface area (Å²) in [4.78, 5) is 67.8. The molecule has 4 amide bonds. The summed E-state index contributed by atoms with van der Waals surface area (Å²) in [5.74, 6) is -3.70. The summed E-state index contributed by atoms with van der Waals surface area (Å²) < 4.78 is 14.7. The monoisotopic (exact) mass is 877 g/mol. The number of para-hydroxylation sites is 3. The van der Waals surface area contributed by atoms with Crippen LogP contribution in [0.25, 0.3) is 43.2 Å². The molecule has 2 aliphatic carbocycles. The fraction of sp³-hybridized carbons (Fsp3) is 0.265. The Morgan fingerprint density at radius 1 is 0.921 bits per heavy atom. The molecule has 5 heterocycles. The van der Waals surface area contributed by atoms with Crippen LogP contribution in [0, 0.1) is 36.0 Å². The van der Waals surface area contributed by atoms with Crippen LogP contribution in [0.15, 0.2) is 113 Å². The largest absolute Gasteiger partial charge is 0.491 e. The van der Waals surface area contributed by atoms with Gasteiger partial charge in [0.05, 0.1) is 40.3 Å². The Labute approximate surface area is 370 Å². The molecule has 4 aromatic carbocycles. The molecule has 2 aliphatic heterocycles. The highest BCUT2D eigenvalue weighted by atomic mass is 35.5. The second kappa shape index (κ2) is 14.6. The van der Waals surface area contributed by atoms with Gasteiger partial charge in [-0.25, -0.2) is 9.88 Å². The molecule has 6 atom stereocenters. The van der Waals surface area contributed by atoms with Crippen LogP contribution in [0.2, 0.25) is 5.02 Å². The number of rotatable bonds is 8. The van der Waals surface area contributed by atoms with Crippen LogP contribution in [-0.2, 0) is 26.2 Å². The predicted molar refractivity (Wildman–Crippen MR) is 239 cm³/mol. The molecule has 0 bridgehead atoms. The summed E-state index contributed by atoms with van der Waals surface area (Å²) in [6.07, 6.45) is 2.49. The van der Waals surface area contributed by atoms with Gasteiger partial charge in [-0.05, 0) is 104 Å². The lowest BCUT2D eigenvalue weighted by atomic mass is 9.51. The number of aliphatic hydroxyl groups excluding tert-OH is 1. The Bertz CT molecular complexity index is 3080. The minimum Gasteiger partial charge on any atom is -0.491 e. The smallest absolute Gasteiger partial charge is 0.242 e. The van der Waals surface area contributed by atoms with E-state index in [9.17, 15) is 14.7 Å². The fourth-order valence-corrected chi connectivity index (χ4v) is 12.1. The number of aliphatic hydroxyl groups is 1. The summed E-state index contributed by atoms with van der Waals surface area (Å²) in [5.41, 5.74) is 4.32. The molecule has 3 fully saturated rings. The van der Waals surface area contributed by atoms with Crippen molar-refractivity contribution in [3.8, 4) is 27.8 Å². The number of carbonyl (C=O) groups excluding carboxylic acids is 4. The third-order valence-corrected chi connectivity index (χ3v) is 15.3. The Morgan fingerprint density at radius 3 is 2.49 bits per heavy atom. The number of benzene rings is 4. The number of aryl methyl sites for hydroxylation is 2. The van der Waals surface area contributed by atoms with E-state index >= 15 is 9.59 Å². The first kappa shape index (κ1) is 39.4. The topological polar surface area (TPSA) is 148 Å². The first-order valence-corrected chi connectivity index (χ1v) is 22.1. The number of oxazole rings is 1. The molecule has 4 aliphatic rings. The second-order valence-electron chi connectivity index (χ2n) is 17.0. The number of aromatic nitrogens is 3. The summed E-state index contributed by atoms with van der Waals surface area (Å²) in [5, 5.41) is 16.3. The van der Waals surface area contributed by atoms with Gasteiger partial charge in [0.25, 0.3) is 0 Å². The van der Waals surface area contributed by atoms with E-state index < -0.39 is 35.0 Å². The highest BCUT2D eigenvalue weighted by Crippen LogP contribution is 2.64. The van der Waals surface area contributed by atoms with E-state index in [1.165, 1.54) is 9.80 Å². The van der Waals surface area contributed by atoms with Crippen LogP contribution in [0.4, 0.5) is 11.5 Å². The van der Waals surface area contributed by atoms with Crippen LogP contribution in [0.5, 0.6) is 5.75 Å². The number of hydrogen-bond donors (Lipinski definition) is 1. The van der Waals surface area contributed by atoms with Crippen molar-refractivity contribution >= 4 is 79.3 Å². The van der Waals surface area contributed by atoms with Gasteiger partial charge in [0.1, 0.15) is 29.4 Å². The Kier molecular flexibility index (Phi) is 9.13. The predicted octanol–water partition coefficient (Wildman–Crippen LogP) is 8.88. The first-order valence-electron chi connectivity index (χ1n) is 21.0. The van der Waals surface area contributed by atoms with Crippen molar-refractivity contribution in [1.29, 1.82) is 0 Å². The van der Waals surface area contributed by atoms with Gasteiger partial charge in [-0.2, -0.15) is 5.10 Å². The van der Waals surface area contributed by atoms with Crippen molar-refractivity contribution < 1.29 is 33.4 Å². The average Bonchev–Trinajstić information content (AvgIpc) is 4.07. The van der Waals surface area contributed by atoms with Crippen molar-refractivity contribution in [1.82, 2.24) is 14.8 Å². The summed E-state index contributed by atoms with van der Waals surface area (Å²) in [7, 11) is 1.72. The number of fused-ring (bicyclic) bond motifs is 6. The number of ether oxygens (including phenoxy) is 1. The molecule has 0 spiro atoms. The van der Waals surface area contributed by atoms with Crippen LogP contribution in [0.1, 0.15) is 36.8 Å². The number of imide groups is 2. The molecule has 12 nitrogen and oxygen atoms in total. The van der Waals surface area contributed by atoms with Crippen LogP contribution in [-0.4, -0.2) is 56.7 Å². The number of amides is 4. The summed E-state index contributed by atoms with van der Waals surface area (Å²) >= 11 is 7.92. The van der Waals surface area contributed by atoms with E-state index in [0.717, 1.165) is 31.6 Å². The molecular weight excluding hydrogens is 838 g/mol. The molecule has 7 aromatic rings. The highest BCUT2D eigenvalue weighted by Gasteiger charge is 2.68. The van der Waals surface area contributed by atoms with Crippen molar-refractivity contribution in [3.05, 3.63) is 125 Å². The average molecular weight is 878 g/mol. The van der Waals surface area contributed by atoms with E-state index in [0.29, 0.717) is 50.6 Å². The van der Waals surface area contributed by atoms with Gasteiger partial charge in [-0.1, -0.05) is 53.6 Å². The zero-order valence-corrected chi connectivity index (χ0v) is 36.0. The van der Waals surface area contributed by atoms with Crippen molar-refractivity contribution in [3.63, 3.8) is 0 Å². The minimum absolute atomic E-state index is 0.0182. The van der Waals surface area contributed by atoms with Gasteiger partial charge >= 0.3 is 0 Å². The number of carbonyl (C=O) groups is 4. The van der Waals surface area contributed by atoms with Crippen molar-refractivity contribution in [2.24, 2.45) is 36.1 Å². The van der Waals surface area contributed by atoms with E-state index in [-0.39, 0.29) is 49.7 Å². The quantitative estimate of drug-likeness (QED) is 0.117. The maximum Gasteiger partial charge on any atom is 0.242 e. The lowest BCUT2D eigenvalue weighted by Crippen LogP contribution is -2.49. The number of nitrogens with zero attached hydrogens (tertiary/aromatic N) is 5. The number of allylic oxidation sites excluding steroid dienone is 2. The third kappa shape index (κ3) is 5.82. The Morgan fingerprint density at radius 2 is 1.70 bits per heavy atom. The van der Waals surface area contributed by atoms with E-state index in [4.69, 9.17) is 25.9 Å². The van der Waals surface area contributed by atoms with Gasteiger partial charge in [0, 0.05) is 39.9 Å². The first-order chi connectivity index (χ1) is 30.5. The van der Waals surface area contributed by atoms with Gasteiger partial charge in [-0.15, -0.1) is 11.3 Å². The molecule has 11 rings (SSSR count). The molecule has 1 N–H and O–H groups in total. The molecule has 14 heteroatoms. The molecule has 3 aromatic heterocycles. The van der Waals surface area contributed by atoms with E-state index in [2.05, 4.69) is 4.98 Å². The van der Waals surface area contributed by atoms with Gasteiger partial charge in [0.2, 0.25) is 29.5 Å². The van der Waals surface area contributed by atoms with E-state index in [1.807, 2.05) is 80.6 Å². The molecule has 2 saturated heterocycles. The molecular formula is C49H40ClN5O7S. The van der Waals surface area contributed by atoms with Crippen molar-refractivity contribution in [2.75, 3.05) is 23.0 Å². The number of anilines is 2. The lowest BCUT2D eigenvalue weighted by molar-refractivity contribution is -0.131. The SMILES string of the molecule is Cc1c(-c2cc(N3C(=O)C4CC5C(=CCC6C(=O)N(c7ccc(-c8nc9ccccc9o8)cc7)C(=O)C65)C(c5ccccc5OCCO)C4(C)C3=O)n(C)n2)sc2ccc(Cl)cc12. The molecule has 6 unspecified atom stereocenters. The van der Waals surface area contributed by atoms with Crippen LogP contribution < -0.4 is 14.5 Å². The minimum atomic E-state index is -1.31. The third-order valence-electron chi connectivity index (χ3n) is 13.7. The molecule has 0 radical (unpaired) electrons. The Hall–Kier alpha value is -6.41. The maximum atomic E-state index is 15.4. The zero-order valence-electron chi connectivity index (χ0n) is 34.4. The number of halogens is 1. The molecule has 63 heavy (non-hydrogen) atoms. The fourth-order valence-electron chi connectivity index (χ4n) is 10.8. The van der Waals surface area contributed by atoms with Gasteiger partial charge < -0.3 is 14.3 Å². The second-order valence-corrected chi connectivity index (χ2v) is 18.5. The zero-order chi connectivity index (χ0) is 43.5. The standard InChI is InChI=1S/C49H40ClN5O7S/c1-25-32-22-27(50)14-19-39(32)63-43(25)36-24-40(53(3)52-36)55-46(58)34-23-33-29(42(49(34,2)48(55)60)30-8-4-6-10-37(30)61-21-20-56)17-18-31-41(33)47(59)54(45(31)57)28-15-12-26(13-16-28)44-51-35-9-5-7-11-38(35)62-44/h4-17,19,22,24,31,33-34,41-42,56H,18,20-21,23H2,1-3H3. The van der Waals surface area contributed by atoms with Crippen LogP contribution >= 0.6 is 22.9 Å². The maximum absolute atomic E-state index is 15.4.